The molecule has 0 aliphatic heterocycles. The Kier molecular flexibility index (Phi) is 5.82. The van der Waals surface area contributed by atoms with Gasteiger partial charge in [-0.1, -0.05) is 25.4 Å². The number of furan rings is 1. The summed E-state index contributed by atoms with van der Waals surface area (Å²) in [4.78, 5) is 23.4. The largest absolute Gasteiger partial charge is 0.451 e. The number of rotatable bonds is 6. The van der Waals surface area contributed by atoms with E-state index in [1.165, 1.54) is 0 Å². The van der Waals surface area contributed by atoms with Gasteiger partial charge in [0.2, 0.25) is 5.91 Å². The van der Waals surface area contributed by atoms with Gasteiger partial charge in [0, 0.05) is 29.6 Å². The molecule has 2 N–H and O–H groups in total. The molecule has 122 valence electrons. The van der Waals surface area contributed by atoms with Crippen LogP contribution in [0.4, 0.5) is 0 Å². The first-order valence-corrected chi connectivity index (χ1v) is 7.77. The lowest BCUT2D eigenvalue weighted by Crippen LogP contribution is -2.36. The van der Waals surface area contributed by atoms with E-state index in [9.17, 15) is 9.59 Å². The van der Waals surface area contributed by atoms with E-state index >= 15 is 0 Å². The van der Waals surface area contributed by atoms with Crippen LogP contribution in [0.2, 0.25) is 5.02 Å². The van der Waals surface area contributed by atoms with Gasteiger partial charge in [0.25, 0.3) is 5.91 Å². The van der Waals surface area contributed by atoms with Crippen molar-refractivity contribution < 1.29 is 14.0 Å². The van der Waals surface area contributed by atoms with E-state index in [2.05, 4.69) is 10.6 Å². The monoisotopic (exact) mass is 334 g/mol. The first kappa shape index (κ1) is 17.1. The van der Waals surface area contributed by atoms with E-state index in [0.29, 0.717) is 23.9 Å². The molecule has 0 fully saturated rings. The van der Waals surface area contributed by atoms with Gasteiger partial charge in [0.1, 0.15) is 5.76 Å². The van der Waals surface area contributed by atoms with Crippen LogP contribution in [0.5, 0.6) is 0 Å². The van der Waals surface area contributed by atoms with Crippen molar-refractivity contribution in [3.8, 4) is 11.3 Å². The molecule has 2 aromatic rings. The van der Waals surface area contributed by atoms with Crippen molar-refractivity contribution in [2.24, 2.45) is 5.92 Å². The van der Waals surface area contributed by atoms with Crippen LogP contribution in [-0.4, -0.2) is 24.9 Å². The normalized spacial score (nSPS) is 10.6. The molecule has 0 aliphatic carbocycles. The van der Waals surface area contributed by atoms with Crippen molar-refractivity contribution >= 4 is 23.4 Å². The second kappa shape index (κ2) is 7.83. The molecule has 1 heterocycles. The Morgan fingerprint density at radius 3 is 2.35 bits per heavy atom. The van der Waals surface area contributed by atoms with Crippen LogP contribution in [0.25, 0.3) is 11.3 Å². The second-order valence-corrected chi connectivity index (χ2v) is 5.81. The smallest absolute Gasteiger partial charge is 0.287 e. The van der Waals surface area contributed by atoms with Gasteiger partial charge < -0.3 is 15.1 Å². The Bertz CT molecular complexity index is 677. The van der Waals surface area contributed by atoms with E-state index in [4.69, 9.17) is 16.0 Å². The van der Waals surface area contributed by atoms with Gasteiger partial charge in [0.15, 0.2) is 5.76 Å². The van der Waals surface area contributed by atoms with Crippen LogP contribution >= 0.6 is 11.6 Å². The molecule has 0 saturated heterocycles. The van der Waals surface area contributed by atoms with Gasteiger partial charge in [-0.05, 0) is 36.4 Å². The fourth-order valence-electron chi connectivity index (χ4n) is 1.88. The molecular weight excluding hydrogens is 316 g/mol. The maximum Gasteiger partial charge on any atom is 0.287 e. The summed E-state index contributed by atoms with van der Waals surface area (Å²) in [5.74, 6) is 0.397. The summed E-state index contributed by atoms with van der Waals surface area (Å²) in [6.07, 6.45) is 0. The van der Waals surface area contributed by atoms with Crippen molar-refractivity contribution in [3.05, 3.63) is 47.2 Å². The van der Waals surface area contributed by atoms with Gasteiger partial charge in [-0.25, -0.2) is 0 Å². The Labute approximate surface area is 140 Å². The number of halogens is 1. The first-order valence-electron chi connectivity index (χ1n) is 7.39. The third-order valence-electron chi connectivity index (χ3n) is 3.19. The third kappa shape index (κ3) is 4.86. The molecule has 5 nitrogen and oxygen atoms in total. The van der Waals surface area contributed by atoms with Crippen molar-refractivity contribution in [3.63, 3.8) is 0 Å². The van der Waals surface area contributed by atoms with E-state index in [0.717, 1.165) is 5.56 Å². The zero-order chi connectivity index (χ0) is 16.8. The molecule has 0 atom stereocenters. The lowest BCUT2D eigenvalue weighted by Gasteiger charge is -2.07. The number of amides is 2. The molecule has 0 unspecified atom stereocenters. The number of nitrogens with one attached hydrogen (secondary N) is 2. The molecule has 2 rings (SSSR count). The lowest BCUT2D eigenvalue weighted by molar-refractivity contribution is -0.123. The maximum absolute atomic E-state index is 12.0. The summed E-state index contributed by atoms with van der Waals surface area (Å²) in [5.41, 5.74) is 0.845. The standard InChI is InChI=1S/C17H19ClN2O3/c1-11(2)16(21)19-9-10-20-17(22)15-8-7-14(23-15)12-3-5-13(18)6-4-12/h3-8,11H,9-10H2,1-2H3,(H,19,21)(H,20,22). The van der Waals surface area contributed by atoms with Gasteiger partial charge >= 0.3 is 0 Å². The molecule has 23 heavy (non-hydrogen) atoms. The summed E-state index contributed by atoms with van der Waals surface area (Å²) >= 11 is 5.84. The molecule has 0 bridgehead atoms. The lowest BCUT2D eigenvalue weighted by atomic mass is 10.2. The van der Waals surface area contributed by atoms with E-state index < -0.39 is 0 Å². The first-order chi connectivity index (χ1) is 11.0. The Morgan fingerprint density at radius 2 is 1.70 bits per heavy atom. The highest BCUT2D eigenvalue weighted by Gasteiger charge is 2.12. The topological polar surface area (TPSA) is 71.3 Å². The quantitative estimate of drug-likeness (QED) is 0.797. The average Bonchev–Trinajstić information content (AvgIpc) is 3.01. The van der Waals surface area contributed by atoms with Crippen LogP contribution in [0, 0.1) is 5.92 Å². The number of hydrogen-bond acceptors (Lipinski definition) is 3. The van der Waals surface area contributed by atoms with Gasteiger partial charge in [-0.3, -0.25) is 9.59 Å². The molecule has 2 amide bonds. The third-order valence-corrected chi connectivity index (χ3v) is 3.44. The zero-order valence-corrected chi connectivity index (χ0v) is 13.8. The fraction of sp³-hybridized carbons (Fsp3) is 0.294. The molecule has 6 heteroatoms. The minimum atomic E-state index is -0.316. The van der Waals surface area contributed by atoms with Gasteiger partial charge in [-0.15, -0.1) is 0 Å². The average molecular weight is 335 g/mol. The maximum atomic E-state index is 12.0. The van der Waals surface area contributed by atoms with Gasteiger partial charge in [-0.2, -0.15) is 0 Å². The number of hydrogen-bond donors (Lipinski definition) is 2. The van der Waals surface area contributed by atoms with Crippen LogP contribution < -0.4 is 10.6 Å². The zero-order valence-electron chi connectivity index (χ0n) is 13.1. The molecule has 0 radical (unpaired) electrons. The van der Waals surface area contributed by atoms with E-state index in [1.54, 1.807) is 24.3 Å². The van der Waals surface area contributed by atoms with Crippen molar-refractivity contribution in [1.82, 2.24) is 10.6 Å². The summed E-state index contributed by atoms with van der Waals surface area (Å²) < 4.78 is 5.55. The summed E-state index contributed by atoms with van der Waals surface area (Å²) in [6, 6.07) is 10.5. The van der Waals surface area contributed by atoms with Gasteiger partial charge in [0.05, 0.1) is 0 Å². The molecule has 0 aliphatic rings. The van der Waals surface area contributed by atoms with Crippen molar-refractivity contribution in [2.75, 3.05) is 13.1 Å². The molecule has 1 aromatic carbocycles. The molecule has 0 spiro atoms. The highest BCUT2D eigenvalue weighted by atomic mass is 35.5. The number of carbonyl (C=O) groups is 2. The second-order valence-electron chi connectivity index (χ2n) is 5.37. The molecule has 0 saturated carbocycles. The summed E-state index contributed by atoms with van der Waals surface area (Å²) in [5, 5.41) is 6.07. The Morgan fingerprint density at radius 1 is 1.04 bits per heavy atom. The Balaban J connectivity index is 1.86. The van der Waals surface area contributed by atoms with Crippen molar-refractivity contribution in [1.29, 1.82) is 0 Å². The summed E-state index contributed by atoms with van der Waals surface area (Å²) in [6.45, 7) is 4.35. The van der Waals surface area contributed by atoms with Crippen molar-refractivity contribution in [2.45, 2.75) is 13.8 Å². The number of carbonyl (C=O) groups excluding carboxylic acids is 2. The fourth-order valence-corrected chi connectivity index (χ4v) is 2.01. The van der Waals surface area contributed by atoms with Crippen LogP contribution in [0.3, 0.4) is 0 Å². The van der Waals surface area contributed by atoms with Crippen LogP contribution in [-0.2, 0) is 4.79 Å². The minimum Gasteiger partial charge on any atom is -0.451 e. The Hall–Kier alpha value is -2.27. The van der Waals surface area contributed by atoms with E-state index in [1.807, 2.05) is 26.0 Å². The SMILES string of the molecule is CC(C)C(=O)NCCNC(=O)c1ccc(-c2ccc(Cl)cc2)o1. The summed E-state index contributed by atoms with van der Waals surface area (Å²) in [7, 11) is 0. The minimum absolute atomic E-state index is 0.0396. The molecular formula is C17H19ClN2O3. The van der Waals surface area contributed by atoms with E-state index in [-0.39, 0.29) is 23.5 Å². The number of benzene rings is 1. The van der Waals surface area contributed by atoms with Crippen LogP contribution in [0.15, 0.2) is 40.8 Å². The highest BCUT2D eigenvalue weighted by Crippen LogP contribution is 2.23. The highest BCUT2D eigenvalue weighted by molar-refractivity contribution is 6.30. The predicted molar refractivity (Wildman–Crippen MR) is 89.3 cm³/mol. The molecule has 1 aromatic heterocycles. The predicted octanol–water partition coefficient (Wildman–Crippen LogP) is 3.10. The van der Waals surface area contributed by atoms with Crippen LogP contribution in [0.1, 0.15) is 24.4 Å².